The van der Waals surface area contributed by atoms with Crippen LogP contribution in [0.4, 0.5) is 5.69 Å². The summed E-state index contributed by atoms with van der Waals surface area (Å²) in [6.45, 7) is 3.90. The van der Waals surface area contributed by atoms with Crippen LogP contribution >= 0.6 is 0 Å². The third kappa shape index (κ3) is 6.40. The average Bonchev–Trinajstić information content (AvgIpc) is 2.77. The van der Waals surface area contributed by atoms with Crippen LogP contribution in [0.1, 0.15) is 37.4 Å². The van der Waals surface area contributed by atoms with Crippen molar-refractivity contribution in [2.24, 2.45) is 0 Å². The van der Waals surface area contributed by atoms with E-state index in [2.05, 4.69) is 16.2 Å². The first-order chi connectivity index (χ1) is 14.9. The second-order valence-electron chi connectivity index (χ2n) is 7.09. The van der Waals surface area contributed by atoms with Crippen LogP contribution in [0.15, 0.2) is 78.9 Å². The molecular formula is C25H23N3O3. The SMILES string of the molecule is Cc1ccc(C=CC(=O)NNC(=O)c2ccc(NC(=O)c3cccc(C)c3)cc2)cc1. The number of hydrogen-bond acceptors (Lipinski definition) is 3. The van der Waals surface area contributed by atoms with Crippen LogP contribution in [0.2, 0.25) is 0 Å². The molecule has 0 fully saturated rings. The zero-order chi connectivity index (χ0) is 22.2. The van der Waals surface area contributed by atoms with Crippen molar-refractivity contribution in [1.29, 1.82) is 0 Å². The summed E-state index contributed by atoms with van der Waals surface area (Å²) < 4.78 is 0. The zero-order valence-electron chi connectivity index (χ0n) is 17.3. The third-order valence-corrected chi connectivity index (χ3v) is 4.49. The molecule has 3 aromatic rings. The molecule has 0 atom stereocenters. The zero-order valence-corrected chi connectivity index (χ0v) is 17.3. The third-order valence-electron chi connectivity index (χ3n) is 4.49. The van der Waals surface area contributed by atoms with Gasteiger partial charge in [0.1, 0.15) is 0 Å². The molecule has 0 bridgehead atoms. The number of hydrazine groups is 1. The van der Waals surface area contributed by atoms with Gasteiger partial charge in [0.05, 0.1) is 0 Å². The molecule has 156 valence electrons. The molecule has 0 aromatic heterocycles. The van der Waals surface area contributed by atoms with Crippen molar-refractivity contribution in [3.63, 3.8) is 0 Å². The van der Waals surface area contributed by atoms with E-state index in [9.17, 15) is 14.4 Å². The number of nitrogens with one attached hydrogen (secondary N) is 3. The molecule has 0 saturated carbocycles. The molecule has 0 aliphatic carbocycles. The van der Waals surface area contributed by atoms with Crippen molar-refractivity contribution < 1.29 is 14.4 Å². The summed E-state index contributed by atoms with van der Waals surface area (Å²) >= 11 is 0. The van der Waals surface area contributed by atoms with Crippen molar-refractivity contribution >= 4 is 29.5 Å². The molecule has 6 nitrogen and oxygen atoms in total. The van der Waals surface area contributed by atoms with Gasteiger partial charge in [0.2, 0.25) is 0 Å². The summed E-state index contributed by atoms with van der Waals surface area (Å²) in [5, 5.41) is 2.79. The molecule has 0 spiro atoms. The number of benzene rings is 3. The van der Waals surface area contributed by atoms with Crippen molar-refractivity contribution in [2.75, 3.05) is 5.32 Å². The van der Waals surface area contributed by atoms with Crippen LogP contribution in [0.25, 0.3) is 6.08 Å². The van der Waals surface area contributed by atoms with Gasteiger partial charge in [0.25, 0.3) is 17.7 Å². The number of aryl methyl sites for hydroxylation is 2. The van der Waals surface area contributed by atoms with Crippen LogP contribution < -0.4 is 16.2 Å². The van der Waals surface area contributed by atoms with E-state index in [0.717, 1.165) is 16.7 Å². The lowest BCUT2D eigenvalue weighted by Gasteiger charge is -2.08. The van der Waals surface area contributed by atoms with Crippen molar-refractivity contribution in [1.82, 2.24) is 10.9 Å². The molecule has 0 heterocycles. The minimum absolute atomic E-state index is 0.228. The average molecular weight is 413 g/mol. The molecule has 0 aliphatic heterocycles. The lowest BCUT2D eigenvalue weighted by atomic mass is 10.1. The molecule has 3 aromatic carbocycles. The fraction of sp³-hybridized carbons (Fsp3) is 0.0800. The largest absolute Gasteiger partial charge is 0.322 e. The molecule has 6 heteroatoms. The quantitative estimate of drug-likeness (QED) is 0.436. The van der Waals surface area contributed by atoms with E-state index >= 15 is 0 Å². The lowest BCUT2D eigenvalue weighted by Crippen LogP contribution is -2.40. The normalized spacial score (nSPS) is 10.5. The maximum atomic E-state index is 12.3. The van der Waals surface area contributed by atoms with Crippen LogP contribution in [-0.4, -0.2) is 17.7 Å². The summed E-state index contributed by atoms with van der Waals surface area (Å²) in [5.41, 5.74) is 9.18. The Morgan fingerprint density at radius 3 is 2.10 bits per heavy atom. The molecule has 0 saturated heterocycles. The number of carbonyl (C=O) groups is 3. The van der Waals surface area contributed by atoms with E-state index in [1.165, 1.54) is 6.08 Å². The van der Waals surface area contributed by atoms with Crippen molar-refractivity contribution in [2.45, 2.75) is 13.8 Å². The van der Waals surface area contributed by atoms with Crippen LogP contribution in [0.5, 0.6) is 0 Å². The number of hydrogen-bond donors (Lipinski definition) is 3. The molecule has 0 aliphatic rings. The molecular weight excluding hydrogens is 390 g/mol. The Balaban J connectivity index is 1.51. The van der Waals surface area contributed by atoms with E-state index in [0.29, 0.717) is 16.8 Å². The summed E-state index contributed by atoms with van der Waals surface area (Å²) in [6, 6.07) is 21.4. The second kappa shape index (κ2) is 10.0. The predicted octanol–water partition coefficient (Wildman–Crippen LogP) is 4.03. The molecule has 3 amide bonds. The summed E-state index contributed by atoms with van der Waals surface area (Å²) in [4.78, 5) is 36.4. The highest BCUT2D eigenvalue weighted by atomic mass is 16.2. The smallest absolute Gasteiger partial charge is 0.269 e. The van der Waals surface area contributed by atoms with Crippen LogP contribution in [-0.2, 0) is 4.79 Å². The van der Waals surface area contributed by atoms with Gasteiger partial charge in [-0.3, -0.25) is 25.2 Å². The highest BCUT2D eigenvalue weighted by molar-refractivity contribution is 6.04. The Kier molecular flexibility index (Phi) is 6.96. The van der Waals surface area contributed by atoms with Gasteiger partial charge in [-0.2, -0.15) is 0 Å². The minimum atomic E-state index is -0.464. The minimum Gasteiger partial charge on any atom is -0.322 e. The molecule has 0 unspecified atom stereocenters. The number of carbonyl (C=O) groups excluding carboxylic acids is 3. The Hall–Kier alpha value is -4.19. The first-order valence-corrected chi connectivity index (χ1v) is 9.74. The predicted molar refractivity (Wildman–Crippen MR) is 121 cm³/mol. The van der Waals surface area contributed by atoms with Crippen molar-refractivity contribution in [3.05, 3.63) is 107 Å². The number of anilines is 1. The summed E-state index contributed by atoms with van der Waals surface area (Å²) in [5.74, 6) is -1.14. The number of amides is 3. The summed E-state index contributed by atoms with van der Waals surface area (Å²) in [7, 11) is 0. The monoisotopic (exact) mass is 413 g/mol. The fourth-order valence-corrected chi connectivity index (χ4v) is 2.78. The first kappa shape index (κ1) is 21.5. The van der Waals surface area contributed by atoms with Gasteiger partial charge in [-0.1, -0.05) is 47.5 Å². The standard InChI is InChI=1S/C25H23N3O3/c1-17-6-8-19(9-7-17)10-15-23(29)27-28-25(31)20-11-13-22(14-12-20)26-24(30)21-5-3-4-18(2)16-21/h3-16H,1-2H3,(H,26,30)(H,27,29)(H,28,31). The van der Waals surface area contributed by atoms with Gasteiger partial charge >= 0.3 is 0 Å². The van der Waals surface area contributed by atoms with E-state index in [1.807, 2.05) is 50.2 Å². The molecule has 3 rings (SSSR count). The van der Waals surface area contributed by atoms with E-state index in [1.54, 1.807) is 42.5 Å². The van der Waals surface area contributed by atoms with E-state index < -0.39 is 11.8 Å². The lowest BCUT2D eigenvalue weighted by molar-refractivity contribution is -0.117. The topological polar surface area (TPSA) is 87.3 Å². The van der Waals surface area contributed by atoms with Gasteiger partial charge in [0, 0.05) is 22.9 Å². The molecule has 0 radical (unpaired) electrons. The Morgan fingerprint density at radius 1 is 0.710 bits per heavy atom. The maximum Gasteiger partial charge on any atom is 0.269 e. The van der Waals surface area contributed by atoms with E-state index in [4.69, 9.17) is 0 Å². The fourth-order valence-electron chi connectivity index (χ4n) is 2.78. The first-order valence-electron chi connectivity index (χ1n) is 9.74. The van der Waals surface area contributed by atoms with Gasteiger partial charge < -0.3 is 5.32 Å². The van der Waals surface area contributed by atoms with Gasteiger partial charge in [-0.25, -0.2) is 0 Å². The van der Waals surface area contributed by atoms with Crippen molar-refractivity contribution in [3.8, 4) is 0 Å². The Bertz CT molecular complexity index is 1120. The molecule has 3 N–H and O–H groups in total. The van der Waals surface area contributed by atoms with Gasteiger partial charge in [-0.05, 0) is 61.9 Å². The summed E-state index contributed by atoms with van der Waals surface area (Å²) in [6.07, 6.45) is 3.00. The highest BCUT2D eigenvalue weighted by Gasteiger charge is 2.09. The second-order valence-corrected chi connectivity index (χ2v) is 7.09. The highest BCUT2D eigenvalue weighted by Crippen LogP contribution is 2.12. The van der Waals surface area contributed by atoms with E-state index in [-0.39, 0.29) is 5.91 Å². The maximum absolute atomic E-state index is 12.3. The van der Waals surface area contributed by atoms with Gasteiger partial charge in [-0.15, -0.1) is 0 Å². The van der Waals surface area contributed by atoms with Gasteiger partial charge in [0.15, 0.2) is 0 Å². The Labute approximate surface area is 181 Å². The van der Waals surface area contributed by atoms with Crippen LogP contribution in [0.3, 0.4) is 0 Å². The van der Waals surface area contributed by atoms with Crippen LogP contribution in [0, 0.1) is 13.8 Å². The molecule has 31 heavy (non-hydrogen) atoms. The number of rotatable bonds is 5. The Morgan fingerprint density at radius 2 is 1.42 bits per heavy atom.